The Balaban J connectivity index is 0.00000288. The first-order valence-corrected chi connectivity index (χ1v) is 8.50. The molecule has 1 saturated carbocycles. The van der Waals surface area contributed by atoms with Gasteiger partial charge in [-0.1, -0.05) is 12.1 Å². The van der Waals surface area contributed by atoms with E-state index in [4.69, 9.17) is 4.74 Å². The van der Waals surface area contributed by atoms with Crippen molar-refractivity contribution in [2.75, 3.05) is 26.7 Å². The van der Waals surface area contributed by atoms with Crippen LogP contribution in [-0.4, -0.2) is 48.3 Å². The van der Waals surface area contributed by atoms with Gasteiger partial charge in [-0.25, -0.2) is 0 Å². The Morgan fingerprint density at radius 1 is 1.29 bits per heavy atom. The summed E-state index contributed by atoms with van der Waals surface area (Å²) in [4.78, 5) is 6.69. The normalized spacial score (nSPS) is 15.9. The number of hydrogen-bond donors (Lipinski definition) is 2. The van der Waals surface area contributed by atoms with Gasteiger partial charge in [0.05, 0.1) is 18.8 Å². The lowest BCUT2D eigenvalue weighted by molar-refractivity contribution is -0.0237. The molecule has 0 heterocycles. The average Bonchev–Trinajstić information content (AvgIpc) is 2.51. The zero-order valence-electron chi connectivity index (χ0n) is 14.9. The maximum Gasteiger partial charge on any atom is 0.194 e. The molecule has 0 atom stereocenters. The van der Waals surface area contributed by atoms with Gasteiger partial charge in [-0.15, -0.1) is 24.0 Å². The standard InChI is InChI=1S/C18H29N3O2.HI/c1-4-19-17(20-14-18(22)11-6-12-18)21(3)13-15-7-9-16(10-8-15)23-5-2;/h7-10,22H,4-6,11-14H2,1-3H3,(H,19,20);1H. The number of benzene rings is 1. The minimum Gasteiger partial charge on any atom is -0.494 e. The van der Waals surface area contributed by atoms with Gasteiger partial charge >= 0.3 is 0 Å². The molecule has 1 aromatic carbocycles. The molecule has 1 aromatic rings. The van der Waals surface area contributed by atoms with Crippen LogP contribution in [0, 0.1) is 0 Å². The molecule has 0 spiro atoms. The molecule has 6 heteroatoms. The number of aliphatic imine (C=N–C) groups is 1. The molecule has 0 radical (unpaired) electrons. The minimum absolute atomic E-state index is 0. The van der Waals surface area contributed by atoms with Crippen molar-refractivity contribution in [3.63, 3.8) is 0 Å². The zero-order chi connectivity index (χ0) is 16.7. The number of nitrogens with zero attached hydrogens (tertiary/aromatic N) is 2. The number of ether oxygens (including phenoxy) is 1. The molecule has 24 heavy (non-hydrogen) atoms. The maximum absolute atomic E-state index is 10.2. The second-order valence-electron chi connectivity index (χ2n) is 6.18. The fourth-order valence-electron chi connectivity index (χ4n) is 2.64. The zero-order valence-corrected chi connectivity index (χ0v) is 17.2. The van der Waals surface area contributed by atoms with E-state index in [-0.39, 0.29) is 24.0 Å². The summed E-state index contributed by atoms with van der Waals surface area (Å²) in [7, 11) is 2.02. The topological polar surface area (TPSA) is 57.1 Å². The van der Waals surface area contributed by atoms with Gasteiger partial charge in [-0.3, -0.25) is 4.99 Å². The number of hydrogen-bond acceptors (Lipinski definition) is 3. The van der Waals surface area contributed by atoms with E-state index in [0.29, 0.717) is 13.2 Å². The highest BCUT2D eigenvalue weighted by Gasteiger charge is 2.34. The molecule has 136 valence electrons. The van der Waals surface area contributed by atoms with Crippen molar-refractivity contribution in [3.05, 3.63) is 29.8 Å². The Kier molecular flexibility index (Phi) is 8.83. The lowest BCUT2D eigenvalue weighted by Gasteiger charge is -2.35. The van der Waals surface area contributed by atoms with E-state index in [1.807, 2.05) is 26.1 Å². The Morgan fingerprint density at radius 2 is 1.96 bits per heavy atom. The highest BCUT2D eigenvalue weighted by molar-refractivity contribution is 14.0. The van der Waals surface area contributed by atoms with Crippen molar-refractivity contribution < 1.29 is 9.84 Å². The molecular weight excluding hydrogens is 417 g/mol. The van der Waals surface area contributed by atoms with Crippen LogP contribution in [0.15, 0.2) is 29.3 Å². The summed E-state index contributed by atoms with van der Waals surface area (Å²) in [5, 5.41) is 13.5. The van der Waals surface area contributed by atoms with Gasteiger partial charge in [0.2, 0.25) is 0 Å². The molecule has 2 rings (SSSR count). The first-order valence-electron chi connectivity index (χ1n) is 8.50. The molecule has 0 aromatic heterocycles. The fraction of sp³-hybridized carbons (Fsp3) is 0.611. The first-order chi connectivity index (χ1) is 11.1. The van der Waals surface area contributed by atoms with Crippen molar-refractivity contribution in [1.82, 2.24) is 10.2 Å². The van der Waals surface area contributed by atoms with Crippen molar-refractivity contribution in [3.8, 4) is 5.75 Å². The SMILES string of the molecule is CCNC(=NCC1(O)CCC1)N(C)Cc1ccc(OCC)cc1.I. The number of guanidine groups is 1. The smallest absolute Gasteiger partial charge is 0.194 e. The summed E-state index contributed by atoms with van der Waals surface area (Å²) in [5.41, 5.74) is 0.615. The molecule has 5 nitrogen and oxygen atoms in total. The second-order valence-corrected chi connectivity index (χ2v) is 6.18. The molecule has 0 unspecified atom stereocenters. The first kappa shape index (κ1) is 21.0. The number of aliphatic hydroxyl groups is 1. The lowest BCUT2D eigenvalue weighted by Crippen LogP contribution is -2.43. The van der Waals surface area contributed by atoms with Gasteiger partial charge in [0.1, 0.15) is 5.75 Å². The monoisotopic (exact) mass is 447 g/mol. The summed E-state index contributed by atoms with van der Waals surface area (Å²) in [6.45, 7) is 6.76. The molecule has 1 aliphatic carbocycles. The van der Waals surface area contributed by atoms with Crippen LogP contribution in [0.2, 0.25) is 0 Å². The van der Waals surface area contributed by atoms with E-state index in [9.17, 15) is 5.11 Å². The molecule has 0 amide bonds. The maximum atomic E-state index is 10.2. The minimum atomic E-state index is -0.583. The van der Waals surface area contributed by atoms with E-state index in [0.717, 1.165) is 44.1 Å². The van der Waals surface area contributed by atoms with Crippen LogP contribution in [0.3, 0.4) is 0 Å². The molecule has 0 saturated heterocycles. The predicted molar refractivity (Wildman–Crippen MR) is 109 cm³/mol. The van der Waals surface area contributed by atoms with Crippen LogP contribution >= 0.6 is 24.0 Å². The van der Waals surface area contributed by atoms with Crippen molar-refractivity contribution in [2.45, 2.75) is 45.3 Å². The predicted octanol–water partition coefficient (Wildman–Crippen LogP) is 3.02. The molecule has 0 aliphatic heterocycles. The van der Waals surface area contributed by atoms with E-state index >= 15 is 0 Å². The van der Waals surface area contributed by atoms with Gasteiger partial charge in [-0.05, 0) is 50.8 Å². The van der Waals surface area contributed by atoms with E-state index in [1.54, 1.807) is 0 Å². The third-order valence-corrected chi connectivity index (χ3v) is 4.16. The van der Waals surface area contributed by atoms with Crippen molar-refractivity contribution in [1.29, 1.82) is 0 Å². The Hall–Kier alpha value is -1.02. The largest absolute Gasteiger partial charge is 0.494 e. The number of halogens is 1. The van der Waals surface area contributed by atoms with Crippen LogP contribution in [0.1, 0.15) is 38.7 Å². The average molecular weight is 447 g/mol. The fourth-order valence-corrected chi connectivity index (χ4v) is 2.64. The Labute approximate surface area is 162 Å². The van der Waals surface area contributed by atoms with Gasteiger partial charge in [0.25, 0.3) is 0 Å². The molecular formula is C18H30IN3O2. The van der Waals surface area contributed by atoms with Crippen molar-refractivity contribution >= 4 is 29.9 Å². The van der Waals surface area contributed by atoms with Crippen molar-refractivity contribution in [2.24, 2.45) is 4.99 Å². The third-order valence-electron chi connectivity index (χ3n) is 4.16. The van der Waals surface area contributed by atoms with E-state index < -0.39 is 5.60 Å². The van der Waals surface area contributed by atoms with E-state index in [1.165, 1.54) is 5.56 Å². The number of nitrogens with one attached hydrogen (secondary N) is 1. The van der Waals surface area contributed by atoms with Crippen LogP contribution in [0.5, 0.6) is 5.75 Å². The van der Waals surface area contributed by atoms with Gasteiger partial charge in [-0.2, -0.15) is 0 Å². The summed E-state index contributed by atoms with van der Waals surface area (Å²) in [6.07, 6.45) is 2.82. The highest BCUT2D eigenvalue weighted by Crippen LogP contribution is 2.31. The van der Waals surface area contributed by atoms with Gasteiger partial charge < -0.3 is 20.1 Å². The van der Waals surface area contributed by atoms with Crippen LogP contribution < -0.4 is 10.1 Å². The molecule has 0 bridgehead atoms. The second kappa shape index (κ2) is 10.1. The quantitative estimate of drug-likeness (QED) is 0.384. The molecule has 1 fully saturated rings. The Morgan fingerprint density at radius 3 is 2.46 bits per heavy atom. The van der Waals surface area contributed by atoms with Crippen LogP contribution in [-0.2, 0) is 6.54 Å². The Bertz CT molecular complexity index is 516. The molecule has 2 N–H and O–H groups in total. The number of rotatable bonds is 7. The van der Waals surface area contributed by atoms with Gasteiger partial charge in [0.15, 0.2) is 5.96 Å². The summed E-state index contributed by atoms with van der Waals surface area (Å²) in [5.74, 6) is 1.73. The van der Waals surface area contributed by atoms with Crippen LogP contribution in [0.25, 0.3) is 0 Å². The van der Waals surface area contributed by atoms with E-state index in [2.05, 4.69) is 34.3 Å². The highest BCUT2D eigenvalue weighted by atomic mass is 127. The lowest BCUT2D eigenvalue weighted by atomic mass is 9.80. The summed E-state index contributed by atoms with van der Waals surface area (Å²) in [6, 6.07) is 8.14. The molecule has 1 aliphatic rings. The summed E-state index contributed by atoms with van der Waals surface area (Å²) < 4.78 is 5.47. The van der Waals surface area contributed by atoms with Gasteiger partial charge in [0, 0.05) is 20.1 Å². The third kappa shape index (κ3) is 6.12. The summed E-state index contributed by atoms with van der Waals surface area (Å²) >= 11 is 0. The van der Waals surface area contributed by atoms with Crippen LogP contribution in [0.4, 0.5) is 0 Å².